The Kier molecular flexibility index (Phi) is 26.1. The maximum absolute atomic E-state index is 12.2. The smallest absolute Gasteiger partial charge is 0.305 e. The zero-order chi connectivity index (χ0) is 23.5. The van der Waals surface area contributed by atoms with Crippen LogP contribution in [0.3, 0.4) is 0 Å². The highest BCUT2D eigenvalue weighted by molar-refractivity contribution is 5.69. The van der Waals surface area contributed by atoms with Gasteiger partial charge in [-0.05, 0) is 57.5 Å². The van der Waals surface area contributed by atoms with Crippen LogP contribution in [-0.2, 0) is 9.53 Å². The van der Waals surface area contributed by atoms with Gasteiger partial charge in [-0.3, -0.25) is 4.79 Å². The van der Waals surface area contributed by atoms with Crippen LogP contribution >= 0.6 is 0 Å². The van der Waals surface area contributed by atoms with Crippen LogP contribution in [-0.4, -0.2) is 37.4 Å². The standard InChI is InChI=1S/C28H57NO3/c1-3-5-7-9-11-15-21-27(20-14-8-6-4-2)26-32-28(31)22-16-12-10-13-17-23-29-24-18-19-25-30/h27,29-30H,3-26H2,1-2H3. The molecule has 0 amide bonds. The van der Waals surface area contributed by atoms with E-state index in [1.54, 1.807) is 0 Å². The van der Waals surface area contributed by atoms with Gasteiger partial charge in [-0.2, -0.15) is 0 Å². The molecule has 0 saturated carbocycles. The van der Waals surface area contributed by atoms with Gasteiger partial charge in [-0.15, -0.1) is 0 Å². The van der Waals surface area contributed by atoms with Crippen LogP contribution in [0.25, 0.3) is 0 Å². The van der Waals surface area contributed by atoms with Gasteiger partial charge >= 0.3 is 5.97 Å². The summed E-state index contributed by atoms with van der Waals surface area (Å²) >= 11 is 0. The van der Waals surface area contributed by atoms with Crippen molar-refractivity contribution in [3.8, 4) is 0 Å². The predicted octanol–water partition coefficient (Wildman–Crippen LogP) is 7.57. The molecule has 0 aromatic carbocycles. The molecule has 0 bridgehead atoms. The Morgan fingerprint density at radius 2 is 1.19 bits per heavy atom. The van der Waals surface area contributed by atoms with E-state index in [-0.39, 0.29) is 5.97 Å². The third kappa shape index (κ3) is 24.0. The molecule has 1 unspecified atom stereocenters. The fraction of sp³-hybridized carbons (Fsp3) is 0.964. The molecular formula is C28H57NO3. The molecule has 32 heavy (non-hydrogen) atoms. The normalized spacial score (nSPS) is 12.2. The number of unbranched alkanes of at least 4 members (excludes halogenated alkanes) is 13. The first-order valence-corrected chi connectivity index (χ1v) is 14.2. The molecule has 0 radical (unpaired) electrons. The maximum atomic E-state index is 12.2. The van der Waals surface area contributed by atoms with Crippen molar-refractivity contribution in [3.63, 3.8) is 0 Å². The SMILES string of the molecule is CCCCCCCCC(CCCCCC)COC(=O)CCCCCCCNCCCCO. The molecule has 0 aliphatic rings. The molecule has 0 heterocycles. The van der Waals surface area contributed by atoms with E-state index in [2.05, 4.69) is 19.2 Å². The van der Waals surface area contributed by atoms with Crippen molar-refractivity contribution in [3.05, 3.63) is 0 Å². The van der Waals surface area contributed by atoms with Crippen LogP contribution in [0.5, 0.6) is 0 Å². The van der Waals surface area contributed by atoms with Crippen LogP contribution in [0.2, 0.25) is 0 Å². The number of esters is 1. The Hall–Kier alpha value is -0.610. The molecule has 0 rings (SSSR count). The quantitative estimate of drug-likeness (QED) is 0.104. The monoisotopic (exact) mass is 455 g/mol. The number of aliphatic hydroxyl groups is 1. The van der Waals surface area contributed by atoms with E-state index in [0.717, 1.165) is 38.8 Å². The highest BCUT2D eigenvalue weighted by Gasteiger charge is 2.12. The average molecular weight is 456 g/mol. The highest BCUT2D eigenvalue weighted by Crippen LogP contribution is 2.20. The predicted molar refractivity (Wildman–Crippen MR) is 138 cm³/mol. The van der Waals surface area contributed by atoms with Gasteiger partial charge in [0.05, 0.1) is 6.61 Å². The van der Waals surface area contributed by atoms with Gasteiger partial charge in [0.25, 0.3) is 0 Å². The fourth-order valence-electron chi connectivity index (χ4n) is 4.20. The number of hydrogen-bond acceptors (Lipinski definition) is 4. The molecule has 4 nitrogen and oxygen atoms in total. The summed E-state index contributed by atoms with van der Waals surface area (Å²) in [4.78, 5) is 12.2. The molecule has 0 saturated heterocycles. The first-order valence-electron chi connectivity index (χ1n) is 14.2. The first-order chi connectivity index (χ1) is 15.7. The second-order valence-corrected chi connectivity index (χ2v) is 9.65. The average Bonchev–Trinajstić information content (AvgIpc) is 2.80. The third-order valence-electron chi connectivity index (χ3n) is 6.41. The van der Waals surface area contributed by atoms with E-state index in [9.17, 15) is 4.79 Å². The lowest BCUT2D eigenvalue weighted by molar-refractivity contribution is -0.145. The molecule has 1 atom stereocenters. The Bertz CT molecular complexity index is 376. The molecule has 192 valence electrons. The van der Waals surface area contributed by atoms with Crippen molar-refractivity contribution >= 4 is 5.97 Å². The first kappa shape index (κ1) is 31.4. The number of rotatable bonds is 26. The van der Waals surface area contributed by atoms with E-state index >= 15 is 0 Å². The van der Waals surface area contributed by atoms with Gasteiger partial charge in [-0.1, -0.05) is 97.3 Å². The van der Waals surface area contributed by atoms with Crippen molar-refractivity contribution in [2.75, 3.05) is 26.3 Å². The van der Waals surface area contributed by atoms with Crippen molar-refractivity contribution < 1.29 is 14.6 Å². The van der Waals surface area contributed by atoms with Gasteiger partial charge in [-0.25, -0.2) is 0 Å². The molecule has 0 fully saturated rings. The van der Waals surface area contributed by atoms with E-state index in [0.29, 0.717) is 25.6 Å². The van der Waals surface area contributed by atoms with Crippen molar-refractivity contribution in [1.29, 1.82) is 0 Å². The van der Waals surface area contributed by atoms with E-state index in [1.807, 2.05) is 0 Å². The lowest BCUT2D eigenvalue weighted by atomic mass is 9.95. The van der Waals surface area contributed by atoms with Gasteiger partial charge in [0, 0.05) is 13.0 Å². The zero-order valence-electron chi connectivity index (χ0n) is 21.8. The number of hydrogen-bond donors (Lipinski definition) is 2. The number of carbonyl (C=O) groups is 1. The van der Waals surface area contributed by atoms with Crippen LogP contribution in [0.4, 0.5) is 0 Å². The molecule has 0 aliphatic heterocycles. The Balaban J connectivity index is 3.77. The summed E-state index contributed by atoms with van der Waals surface area (Å²) in [6.07, 6.45) is 23.9. The fourth-order valence-corrected chi connectivity index (χ4v) is 4.20. The Labute approximate surface area is 200 Å². The lowest BCUT2D eigenvalue weighted by Crippen LogP contribution is -2.16. The summed E-state index contributed by atoms with van der Waals surface area (Å²) in [5, 5.41) is 12.2. The van der Waals surface area contributed by atoms with Crippen LogP contribution < -0.4 is 5.32 Å². The molecule has 0 aromatic rings. The summed E-state index contributed by atoms with van der Waals surface area (Å²) in [7, 11) is 0. The van der Waals surface area contributed by atoms with E-state index < -0.39 is 0 Å². The van der Waals surface area contributed by atoms with Crippen LogP contribution in [0, 0.1) is 5.92 Å². The lowest BCUT2D eigenvalue weighted by Gasteiger charge is -2.17. The Morgan fingerprint density at radius 1 is 0.688 bits per heavy atom. The van der Waals surface area contributed by atoms with Crippen LogP contribution in [0.15, 0.2) is 0 Å². The molecule has 2 N–H and O–H groups in total. The van der Waals surface area contributed by atoms with Gasteiger partial charge in [0.15, 0.2) is 0 Å². The summed E-state index contributed by atoms with van der Waals surface area (Å²) in [5.74, 6) is 0.573. The largest absolute Gasteiger partial charge is 0.465 e. The van der Waals surface area contributed by atoms with Gasteiger partial charge in [0.2, 0.25) is 0 Å². The topological polar surface area (TPSA) is 58.6 Å². The number of carbonyl (C=O) groups excluding carboxylic acids is 1. The summed E-state index contributed by atoms with van der Waals surface area (Å²) in [6.45, 7) is 7.52. The molecule has 4 heteroatoms. The number of aliphatic hydroxyl groups excluding tert-OH is 1. The second kappa shape index (κ2) is 26.6. The summed E-state index contributed by atoms with van der Waals surface area (Å²) in [5.41, 5.74) is 0. The summed E-state index contributed by atoms with van der Waals surface area (Å²) in [6, 6.07) is 0. The number of ether oxygens (including phenoxy) is 1. The molecule has 0 aliphatic carbocycles. The van der Waals surface area contributed by atoms with Gasteiger partial charge < -0.3 is 15.2 Å². The van der Waals surface area contributed by atoms with Crippen LogP contribution in [0.1, 0.15) is 142 Å². The minimum Gasteiger partial charge on any atom is -0.465 e. The molecule has 0 aromatic heterocycles. The minimum absolute atomic E-state index is 0.0112. The van der Waals surface area contributed by atoms with Gasteiger partial charge in [0.1, 0.15) is 0 Å². The molecule has 0 spiro atoms. The summed E-state index contributed by atoms with van der Waals surface area (Å²) < 4.78 is 5.68. The van der Waals surface area contributed by atoms with E-state index in [4.69, 9.17) is 9.84 Å². The molecular weight excluding hydrogens is 398 g/mol. The Morgan fingerprint density at radius 3 is 1.81 bits per heavy atom. The van der Waals surface area contributed by atoms with Crippen molar-refractivity contribution in [2.24, 2.45) is 5.92 Å². The highest BCUT2D eigenvalue weighted by atomic mass is 16.5. The zero-order valence-corrected chi connectivity index (χ0v) is 21.8. The van der Waals surface area contributed by atoms with E-state index in [1.165, 1.54) is 96.3 Å². The second-order valence-electron chi connectivity index (χ2n) is 9.65. The van der Waals surface area contributed by atoms with Crippen molar-refractivity contribution in [2.45, 2.75) is 142 Å². The van der Waals surface area contributed by atoms with Crippen molar-refractivity contribution in [1.82, 2.24) is 5.32 Å². The third-order valence-corrected chi connectivity index (χ3v) is 6.41. The minimum atomic E-state index is 0.0112. The maximum Gasteiger partial charge on any atom is 0.305 e. The number of nitrogens with one attached hydrogen (secondary N) is 1.